The Morgan fingerprint density at radius 1 is 1.16 bits per heavy atom. The highest BCUT2D eigenvalue weighted by atomic mass is 35.5. The van der Waals surface area contributed by atoms with Gasteiger partial charge in [0.2, 0.25) is 5.91 Å². The van der Waals surface area contributed by atoms with E-state index >= 15 is 0 Å². The largest absolute Gasteiger partial charge is 0.493 e. The van der Waals surface area contributed by atoms with Gasteiger partial charge in [0, 0.05) is 46.1 Å². The highest BCUT2D eigenvalue weighted by molar-refractivity contribution is 6.35. The second-order valence-corrected chi connectivity index (χ2v) is 7.76. The van der Waals surface area contributed by atoms with E-state index in [9.17, 15) is 22.8 Å². The Morgan fingerprint density at radius 2 is 1.84 bits per heavy atom. The molecule has 4 nitrogen and oxygen atoms in total. The summed E-state index contributed by atoms with van der Waals surface area (Å²) in [5.41, 5.74) is -0.144. The average Bonchev–Trinajstić information content (AvgIpc) is 3.18. The minimum atomic E-state index is -4.80. The summed E-state index contributed by atoms with van der Waals surface area (Å²) in [5, 5.41) is 2.77. The molecule has 1 heterocycles. The molecule has 0 aliphatic carbocycles. The molecular formula is C22H18Cl2F3NO3. The van der Waals surface area contributed by atoms with E-state index in [1.165, 1.54) is 12.1 Å². The van der Waals surface area contributed by atoms with Crippen molar-refractivity contribution in [3.63, 3.8) is 0 Å². The Balaban J connectivity index is 2.00. The van der Waals surface area contributed by atoms with Crippen molar-refractivity contribution < 1.29 is 27.5 Å². The van der Waals surface area contributed by atoms with E-state index in [2.05, 4.69) is 5.32 Å². The molecule has 1 N–H and O–H groups in total. The first-order valence-corrected chi connectivity index (χ1v) is 10.2. The molecule has 0 spiro atoms. The standard InChI is InChI=1S/C22H18Cl2F3NO3/c1-2-20(30)28-11-12-3-4-16(17-5-6-31-21(12)17)19(29)10-18(22(25,26)27)13-7-14(23)9-15(24)8-13/h3-4,7-10H,2,5-6,11H2,1H3,(H,28,30)/b18-10+. The minimum absolute atomic E-state index is 0.0258. The zero-order chi connectivity index (χ0) is 22.8. The number of halogens is 5. The molecule has 0 saturated heterocycles. The van der Waals surface area contributed by atoms with Gasteiger partial charge in [-0.05, 0) is 29.8 Å². The number of rotatable bonds is 6. The highest BCUT2D eigenvalue weighted by Crippen LogP contribution is 2.38. The molecule has 0 aromatic heterocycles. The van der Waals surface area contributed by atoms with Gasteiger partial charge in [-0.25, -0.2) is 0 Å². The first-order valence-electron chi connectivity index (χ1n) is 9.44. The van der Waals surface area contributed by atoms with E-state index in [4.69, 9.17) is 27.9 Å². The Hall–Kier alpha value is -2.51. The average molecular weight is 472 g/mol. The number of fused-ring (bicyclic) bond motifs is 1. The van der Waals surface area contributed by atoms with Gasteiger partial charge >= 0.3 is 6.18 Å². The fourth-order valence-electron chi connectivity index (χ4n) is 3.30. The van der Waals surface area contributed by atoms with Gasteiger partial charge in [0.25, 0.3) is 0 Å². The molecule has 1 aliphatic heterocycles. The normalized spacial score (nSPS) is 13.5. The van der Waals surface area contributed by atoms with Gasteiger partial charge < -0.3 is 10.1 Å². The number of carbonyl (C=O) groups excluding carboxylic acids is 2. The molecule has 1 aliphatic rings. The van der Waals surface area contributed by atoms with Crippen molar-refractivity contribution in [1.82, 2.24) is 5.32 Å². The van der Waals surface area contributed by atoms with Crippen LogP contribution in [0, 0.1) is 0 Å². The lowest BCUT2D eigenvalue weighted by atomic mass is 9.95. The van der Waals surface area contributed by atoms with E-state index in [1.54, 1.807) is 13.0 Å². The van der Waals surface area contributed by atoms with Crippen LogP contribution >= 0.6 is 23.2 Å². The van der Waals surface area contributed by atoms with Crippen LogP contribution in [0.2, 0.25) is 10.0 Å². The second kappa shape index (κ2) is 9.32. The summed E-state index contributed by atoms with van der Waals surface area (Å²) in [6.45, 7) is 2.22. The number of alkyl halides is 3. The third-order valence-electron chi connectivity index (χ3n) is 4.76. The van der Waals surface area contributed by atoms with Gasteiger partial charge in [-0.3, -0.25) is 9.59 Å². The Bertz CT molecular complexity index is 1040. The molecule has 0 fully saturated rings. The smallest absolute Gasteiger partial charge is 0.417 e. The fourth-order valence-corrected chi connectivity index (χ4v) is 3.82. The van der Waals surface area contributed by atoms with Gasteiger partial charge in [0.05, 0.1) is 12.2 Å². The summed E-state index contributed by atoms with van der Waals surface area (Å²) in [6.07, 6.45) is -3.55. The maximum absolute atomic E-state index is 13.7. The van der Waals surface area contributed by atoms with Gasteiger partial charge in [-0.15, -0.1) is 0 Å². The number of ether oxygens (including phenoxy) is 1. The lowest BCUT2D eigenvalue weighted by Gasteiger charge is -2.14. The number of allylic oxidation sites excluding steroid dienone is 2. The Kier molecular flexibility index (Phi) is 6.96. The predicted molar refractivity (Wildman–Crippen MR) is 113 cm³/mol. The highest BCUT2D eigenvalue weighted by Gasteiger charge is 2.36. The van der Waals surface area contributed by atoms with E-state index in [-0.39, 0.29) is 33.6 Å². The lowest BCUT2D eigenvalue weighted by Crippen LogP contribution is -2.21. The quantitative estimate of drug-likeness (QED) is 0.428. The maximum atomic E-state index is 13.7. The van der Waals surface area contributed by atoms with Crippen LogP contribution in [0.3, 0.4) is 0 Å². The molecule has 2 aromatic carbocycles. The van der Waals surface area contributed by atoms with Crippen LogP contribution in [0.15, 0.2) is 36.4 Å². The van der Waals surface area contributed by atoms with E-state index in [0.717, 1.165) is 12.1 Å². The van der Waals surface area contributed by atoms with Crippen LogP contribution in [0.5, 0.6) is 5.75 Å². The van der Waals surface area contributed by atoms with Crippen LogP contribution in [0.4, 0.5) is 13.2 Å². The summed E-state index contributed by atoms with van der Waals surface area (Å²) in [7, 11) is 0. The van der Waals surface area contributed by atoms with Crippen molar-refractivity contribution >= 4 is 40.5 Å². The molecule has 164 valence electrons. The molecule has 0 atom stereocenters. The fraction of sp³-hybridized carbons (Fsp3) is 0.273. The summed E-state index contributed by atoms with van der Waals surface area (Å²) in [5.74, 6) is -0.533. The van der Waals surface area contributed by atoms with E-state index < -0.39 is 17.5 Å². The summed E-state index contributed by atoms with van der Waals surface area (Å²) >= 11 is 11.7. The van der Waals surface area contributed by atoms with Gasteiger partial charge in [-0.1, -0.05) is 42.3 Å². The molecular weight excluding hydrogens is 454 g/mol. The summed E-state index contributed by atoms with van der Waals surface area (Å²) < 4.78 is 46.8. The summed E-state index contributed by atoms with van der Waals surface area (Å²) in [6, 6.07) is 6.55. The Labute approximate surface area is 187 Å². The van der Waals surface area contributed by atoms with Crippen molar-refractivity contribution in [2.45, 2.75) is 32.5 Å². The van der Waals surface area contributed by atoms with Crippen LogP contribution in [-0.4, -0.2) is 24.5 Å². The molecule has 0 radical (unpaired) electrons. The topological polar surface area (TPSA) is 55.4 Å². The maximum Gasteiger partial charge on any atom is 0.417 e. The van der Waals surface area contributed by atoms with Gasteiger partial charge in [0.1, 0.15) is 5.75 Å². The minimum Gasteiger partial charge on any atom is -0.493 e. The lowest BCUT2D eigenvalue weighted by molar-refractivity contribution is -0.120. The summed E-state index contributed by atoms with van der Waals surface area (Å²) in [4.78, 5) is 24.4. The van der Waals surface area contributed by atoms with Crippen LogP contribution in [0.25, 0.3) is 5.57 Å². The second-order valence-electron chi connectivity index (χ2n) is 6.89. The molecule has 9 heteroatoms. The molecule has 1 amide bonds. The number of carbonyl (C=O) groups is 2. The molecule has 2 aromatic rings. The van der Waals surface area contributed by atoms with Crippen LogP contribution in [0.1, 0.15) is 40.4 Å². The number of ketones is 1. The molecule has 0 bridgehead atoms. The Morgan fingerprint density at radius 3 is 2.45 bits per heavy atom. The number of benzene rings is 2. The third-order valence-corrected chi connectivity index (χ3v) is 5.19. The third kappa shape index (κ3) is 5.40. The van der Waals surface area contributed by atoms with Crippen LogP contribution < -0.4 is 10.1 Å². The predicted octanol–water partition coefficient (Wildman–Crippen LogP) is 5.78. The molecule has 0 unspecified atom stereocenters. The molecule has 31 heavy (non-hydrogen) atoms. The SMILES string of the molecule is CCC(=O)NCc1ccc(C(=O)/C=C(\c2cc(Cl)cc(Cl)c2)C(F)(F)F)c2c1OCC2. The van der Waals surface area contributed by atoms with Crippen molar-refractivity contribution in [1.29, 1.82) is 0 Å². The number of hydrogen-bond donors (Lipinski definition) is 1. The van der Waals surface area contributed by atoms with Crippen molar-refractivity contribution in [3.05, 3.63) is 68.7 Å². The monoisotopic (exact) mass is 471 g/mol. The van der Waals surface area contributed by atoms with Crippen LogP contribution in [-0.2, 0) is 17.8 Å². The molecule has 3 rings (SSSR count). The first-order chi connectivity index (χ1) is 14.6. The number of nitrogens with one attached hydrogen (secondary N) is 1. The van der Waals surface area contributed by atoms with Crippen molar-refractivity contribution in [3.8, 4) is 5.75 Å². The number of amides is 1. The molecule has 0 saturated carbocycles. The number of hydrogen-bond acceptors (Lipinski definition) is 3. The first kappa shape index (κ1) is 23.2. The van der Waals surface area contributed by atoms with E-state index in [0.29, 0.717) is 42.4 Å². The zero-order valence-electron chi connectivity index (χ0n) is 16.4. The van der Waals surface area contributed by atoms with Crippen molar-refractivity contribution in [2.75, 3.05) is 6.61 Å². The zero-order valence-corrected chi connectivity index (χ0v) is 17.9. The van der Waals surface area contributed by atoms with E-state index in [1.807, 2.05) is 0 Å². The van der Waals surface area contributed by atoms with Gasteiger partial charge in [-0.2, -0.15) is 13.2 Å². The van der Waals surface area contributed by atoms with Gasteiger partial charge in [0.15, 0.2) is 5.78 Å². The van der Waals surface area contributed by atoms with Crippen molar-refractivity contribution in [2.24, 2.45) is 0 Å².